The Morgan fingerprint density at radius 3 is 2.31 bits per heavy atom. The van der Waals surface area contributed by atoms with Crippen molar-refractivity contribution >= 4 is 0 Å². The average Bonchev–Trinajstić information content (AvgIpc) is 2.25. The number of hydrogen-bond acceptors (Lipinski definition) is 3. The van der Waals surface area contributed by atoms with Crippen molar-refractivity contribution in [2.24, 2.45) is 0 Å². The van der Waals surface area contributed by atoms with Gasteiger partial charge in [0.1, 0.15) is 0 Å². The van der Waals surface area contributed by atoms with Crippen LogP contribution in [0.4, 0.5) is 8.78 Å². The summed E-state index contributed by atoms with van der Waals surface area (Å²) in [7, 11) is 0. The van der Waals surface area contributed by atoms with Gasteiger partial charge in [0.2, 0.25) is 0 Å². The highest BCUT2D eigenvalue weighted by Crippen LogP contribution is 2.21. The molecule has 90 valence electrons. The van der Waals surface area contributed by atoms with E-state index in [-0.39, 0.29) is 6.61 Å². The number of nitrogens with one attached hydrogen (secondary N) is 1. The number of phenols is 1. The van der Waals surface area contributed by atoms with Gasteiger partial charge in [-0.2, -0.15) is 0 Å². The number of unbranched alkanes of at least 4 members (excludes halogenated alkanes) is 1. The molecule has 1 aromatic rings. The maximum atomic E-state index is 12.9. The van der Waals surface area contributed by atoms with Gasteiger partial charge < -0.3 is 15.5 Å². The summed E-state index contributed by atoms with van der Waals surface area (Å²) < 4.78 is 25.8. The van der Waals surface area contributed by atoms with Gasteiger partial charge in [0.25, 0.3) is 0 Å². The Morgan fingerprint density at radius 2 is 1.75 bits per heavy atom. The second-order valence-electron chi connectivity index (χ2n) is 3.52. The topological polar surface area (TPSA) is 52.5 Å². The van der Waals surface area contributed by atoms with Crippen LogP contribution >= 0.6 is 0 Å². The van der Waals surface area contributed by atoms with Crippen molar-refractivity contribution < 1.29 is 19.0 Å². The standard InChI is InChI=1S/C11H15F2NO2/c12-9-5-8(6-10(13)11(9)16)7-14-3-1-2-4-15/h5-6,14-16H,1-4,7H2. The maximum absolute atomic E-state index is 12.9. The molecule has 0 saturated heterocycles. The lowest BCUT2D eigenvalue weighted by Crippen LogP contribution is -2.15. The smallest absolute Gasteiger partial charge is 0.187 e. The molecule has 0 saturated carbocycles. The number of hydrogen-bond donors (Lipinski definition) is 3. The first-order valence-electron chi connectivity index (χ1n) is 5.13. The SMILES string of the molecule is OCCCCNCc1cc(F)c(O)c(F)c1. The van der Waals surface area contributed by atoms with Gasteiger partial charge in [-0.25, -0.2) is 8.78 Å². The van der Waals surface area contributed by atoms with Crippen molar-refractivity contribution in [2.75, 3.05) is 13.2 Å². The molecule has 0 aliphatic heterocycles. The third-order valence-electron chi connectivity index (χ3n) is 2.17. The Bertz CT molecular complexity index is 322. The first-order valence-corrected chi connectivity index (χ1v) is 5.13. The quantitative estimate of drug-likeness (QED) is 0.651. The fourth-order valence-corrected chi connectivity index (χ4v) is 1.31. The molecular weight excluding hydrogens is 216 g/mol. The fraction of sp³-hybridized carbons (Fsp3) is 0.455. The summed E-state index contributed by atoms with van der Waals surface area (Å²) in [6.07, 6.45) is 1.50. The lowest BCUT2D eigenvalue weighted by molar-refractivity contribution is 0.283. The van der Waals surface area contributed by atoms with Gasteiger partial charge in [0.15, 0.2) is 17.4 Å². The summed E-state index contributed by atoms with van der Waals surface area (Å²) in [5, 5.41) is 20.4. The third-order valence-corrected chi connectivity index (χ3v) is 2.17. The minimum absolute atomic E-state index is 0.143. The summed E-state index contributed by atoms with van der Waals surface area (Å²) in [4.78, 5) is 0. The van der Waals surface area contributed by atoms with E-state index in [0.717, 1.165) is 18.6 Å². The van der Waals surface area contributed by atoms with Crippen LogP contribution in [0.25, 0.3) is 0 Å². The van der Waals surface area contributed by atoms with Crippen LogP contribution in [0.15, 0.2) is 12.1 Å². The molecule has 0 aromatic heterocycles. The van der Waals surface area contributed by atoms with Crippen molar-refractivity contribution in [3.05, 3.63) is 29.3 Å². The van der Waals surface area contributed by atoms with E-state index in [1.807, 2.05) is 0 Å². The van der Waals surface area contributed by atoms with E-state index >= 15 is 0 Å². The number of aliphatic hydroxyl groups excluding tert-OH is 1. The van der Waals surface area contributed by atoms with Crippen LogP contribution in [0.1, 0.15) is 18.4 Å². The zero-order valence-electron chi connectivity index (χ0n) is 8.84. The highest BCUT2D eigenvalue weighted by Gasteiger charge is 2.08. The van der Waals surface area contributed by atoms with Gasteiger partial charge >= 0.3 is 0 Å². The predicted octanol–water partition coefficient (Wildman–Crippen LogP) is 1.53. The molecule has 16 heavy (non-hydrogen) atoms. The van der Waals surface area contributed by atoms with Crippen LogP contribution in [0, 0.1) is 11.6 Å². The zero-order chi connectivity index (χ0) is 12.0. The number of phenolic OH excluding ortho intramolecular Hbond substituents is 1. The average molecular weight is 231 g/mol. The Hall–Kier alpha value is -1.20. The molecule has 0 atom stereocenters. The monoisotopic (exact) mass is 231 g/mol. The molecule has 3 nitrogen and oxygen atoms in total. The van der Waals surface area contributed by atoms with Gasteiger partial charge in [0.05, 0.1) is 0 Å². The van der Waals surface area contributed by atoms with Crippen molar-refractivity contribution in [3.8, 4) is 5.75 Å². The molecule has 1 rings (SSSR count). The fourth-order valence-electron chi connectivity index (χ4n) is 1.31. The number of aromatic hydroxyl groups is 1. The minimum Gasteiger partial charge on any atom is -0.503 e. The van der Waals surface area contributed by atoms with Crippen LogP contribution in [-0.2, 0) is 6.54 Å². The van der Waals surface area contributed by atoms with Crippen molar-refractivity contribution in [3.63, 3.8) is 0 Å². The number of halogens is 2. The van der Waals surface area contributed by atoms with Crippen LogP contribution in [-0.4, -0.2) is 23.4 Å². The predicted molar refractivity (Wildman–Crippen MR) is 56.0 cm³/mol. The molecular formula is C11H15F2NO2. The van der Waals surface area contributed by atoms with Crippen LogP contribution < -0.4 is 5.32 Å². The van der Waals surface area contributed by atoms with E-state index in [9.17, 15) is 8.78 Å². The molecule has 0 aliphatic carbocycles. The summed E-state index contributed by atoms with van der Waals surface area (Å²) in [5.74, 6) is -2.84. The molecule has 0 spiro atoms. The van der Waals surface area contributed by atoms with Crippen LogP contribution in [0.3, 0.4) is 0 Å². The second kappa shape index (κ2) is 6.40. The molecule has 5 heteroatoms. The molecule has 0 radical (unpaired) electrons. The van der Waals surface area contributed by atoms with Gasteiger partial charge in [-0.1, -0.05) is 0 Å². The van der Waals surface area contributed by atoms with Crippen molar-refractivity contribution in [1.82, 2.24) is 5.32 Å². The summed E-state index contributed by atoms with van der Waals surface area (Å²) in [5.41, 5.74) is 0.441. The first kappa shape index (κ1) is 12.9. The van der Waals surface area contributed by atoms with Crippen molar-refractivity contribution in [2.45, 2.75) is 19.4 Å². The van der Waals surface area contributed by atoms with E-state index in [2.05, 4.69) is 5.32 Å². The van der Waals surface area contributed by atoms with Gasteiger partial charge in [0, 0.05) is 13.2 Å². The van der Waals surface area contributed by atoms with E-state index in [4.69, 9.17) is 10.2 Å². The number of benzene rings is 1. The summed E-state index contributed by atoms with van der Waals surface area (Å²) in [6, 6.07) is 2.19. The molecule has 0 amide bonds. The lowest BCUT2D eigenvalue weighted by atomic mass is 10.2. The number of aliphatic hydroxyl groups is 1. The van der Waals surface area contributed by atoms with E-state index < -0.39 is 17.4 Å². The first-order chi connectivity index (χ1) is 7.65. The second-order valence-corrected chi connectivity index (χ2v) is 3.52. The Labute approximate surface area is 92.7 Å². The lowest BCUT2D eigenvalue weighted by Gasteiger charge is -2.06. The number of rotatable bonds is 6. The molecule has 0 fully saturated rings. The van der Waals surface area contributed by atoms with Crippen LogP contribution in [0.5, 0.6) is 5.75 Å². The van der Waals surface area contributed by atoms with Gasteiger partial charge in [-0.15, -0.1) is 0 Å². The minimum atomic E-state index is -0.952. The van der Waals surface area contributed by atoms with Gasteiger partial charge in [-0.3, -0.25) is 0 Å². The Morgan fingerprint density at radius 1 is 1.12 bits per heavy atom. The summed E-state index contributed by atoms with van der Waals surface area (Å²) >= 11 is 0. The van der Waals surface area contributed by atoms with Gasteiger partial charge in [-0.05, 0) is 37.1 Å². The Balaban J connectivity index is 2.43. The zero-order valence-corrected chi connectivity index (χ0v) is 8.84. The Kier molecular flexibility index (Phi) is 5.14. The van der Waals surface area contributed by atoms with E-state index in [1.54, 1.807) is 0 Å². The highest BCUT2D eigenvalue weighted by atomic mass is 19.1. The summed E-state index contributed by atoms with van der Waals surface area (Å²) in [6.45, 7) is 1.15. The van der Waals surface area contributed by atoms with Crippen molar-refractivity contribution in [1.29, 1.82) is 0 Å². The molecule has 0 aliphatic rings. The van der Waals surface area contributed by atoms with E-state index in [1.165, 1.54) is 0 Å². The molecule has 0 bridgehead atoms. The molecule has 3 N–H and O–H groups in total. The van der Waals surface area contributed by atoms with Crippen LogP contribution in [0.2, 0.25) is 0 Å². The normalized spacial score (nSPS) is 10.7. The molecule has 0 unspecified atom stereocenters. The highest BCUT2D eigenvalue weighted by molar-refractivity contribution is 5.29. The van der Waals surface area contributed by atoms with E-state index in [0.29, 0.717) is 25.1 Å². The molecule has 0 heterocycles. The largest absolute Gasteiger partial charge is 0.503 e. The molecule has 1 aromatic carbocycles. The third kappa shape index (κ3) is 3.75. The maximum Gasteiger partial charge on any atom is 0.187 e.